The molecule has 1 heterocycles. The molecule has 1 saturated heterocycles. The van der Waals surface area contributed by atoms with Gasteiger partial charge in [-0.25, -0.2) is 0 Å². The van der Waals surface area contributed by atoms with Gasteiger partial charge in [0.15, 0.2) is 6.29 Å². The molecule has 0 aromatic carbocycles. The molecule has 0 aromatic rings. The largest absolute Gasteiger partial charge is 0.394 e. The molecule has 0 saturated carbocycles. The van der Waals surface area contributed by atoms with Gasteiger partial charge in [0.25, 0.3) is 0 Å². The van der Waals surface area contributed by atoms with Crippen LogP contribution >= 0.6 is 0 Å². The summed E-state index contributed by atoms with van der Waals surface area (Å²) in [6, 6.07) is 0. The zero-order chi connectivity index (χ0) is 10.6. The van der Waals surface area contributed by atoms with E-state index in [-0.39, 0.29) is 13.0 Å². The van der Waals surface area contributed by atoms with Gasteiger partial charge in [-0.05, 0) is 0 Å². The summed E-state index contributed by atoms with van der Waals surface area (Å²) in [7, 11) is 0. The Morgan fingerprint density at radius 2 is 2.14 bits per heavy atom. The van der Waals surface area contributed by atoms with Crippen LogP contribution in [0.2, 0.25) is 0 Å². The highest BCUT2D eigenvalue weighted by Crippen LogP contribution is 2.20. The molecule has 1 fully saturated rings. The van der Waals surface area contributed by atoms with Crippen molar-refractivity contribution in [2.45, 2.75) is 31.0 Å². The van der Waals surface area contributed by atoms with Gasteiger partial charge in [0.1, 0.15) is 12.2 Å². The molecule has 0 radical (unpaired) electrons. The van der Waals surface area contributed by atoms with Crippen molar-refractivity contribution >= 4 is 0 Å². The van der Waals surface area contributed by atoms with E-state index in [9.17, 15) is 10.2 Å². The van der Waals surface area contributed by atoms with E-state index in [1.54, 1.807) is 0 Å². The number of nitrogens with two attached hydrogens (primary N) is 1. The van der Waals surface area contributed by atoms with Gasteiger partial charge in [-0.3, -0.25) is 0 Å². The Kier molecular flexibility index (Phi) is 4.73. The second kappa shape index (κ2) is 5.59. The minimum absolute atomic E-state index is 0.192. The summed E-state index contributed by atoms with van der Waals surface area (Å²) in [5.41, 5.74) is 5.23. The zero-order valence-electron chi connectivity index (χ0n) is 7.87. The highest BCUT2D eigenvalue weighted by molar-refractivity contribution is 4.82. The maximum Gasteiger partial charge on any atom is 0.160 e. The first-order valence-corrected chi connectivity index (χ1v) is 4.63. The molecule has 5 N–H and O–H groups in total. The number of hydrogen-bond acceptors (Lipinski definition) is 6. The first-order valence-electron chi connectivity index (χ1n) is 4.63. The Labute approximate surface area is 82.2 Å². The lowest BCUT2D eigenvalue weighted by atomic mass is 10.0. The van der Waals surface area contributed by atoms with E-state index >= 15 is 0 Å². The molecule has 1 aliphatic rings. The average Bonchev–Trinajstić information content (AvgIpc) is 2.19. The van der Waals surface area contributed by atoms with Crippen LogP contribution in [0.3, 0.4) is 0 Å². The van der Waals surface area contributed by atoms with E-state index in [0.29, 0.717) is 13.2 Å². The zero-order valence-corrected chi connectivity index (χ0v) is 7.87. The molecule has 0 bridgehead atoms. The summed E-state index contributed by atoms with van der Waals surface area (Å²) >= 11 is 0. The van der Waals surface area contributed by atoms with E-state index in [1.807, 2.05) is 0 Å². The third kappa shape index (κ3) is 2.88. The van der Waals surface area contributed by atoms with Gasteiger partial charge < -0.3 is 30.5 Å². The second-order valence-electron chi connectivity index (χ2n) is 3.24. The summed E-state index contributed by atoms with van der Waals surface area (Å²) < 4.78 is 10.3. The van der Waals surface area contributed by atoms with Gasteiger partial charge in [0, 0.05) is 13.0 Å². The Balaban J connectivity index is 2.41. The fourth-order valence-electron chi connectivity index (χ4n) is 1.37. The van der Waals surface area contributed by atoms with Crippen LogP contribution in [-0.2, 0) is 9.47 Å². The number of ether oxygens (including phenoxy) is 2. The summed E-state index contributed by atoms with van der Waals surface area (Å²) in [5.74, 6) is 0. The molecular weight excluding hydrogens is 190 g/mol. The number of aliphatic hydroxyl groups excluding tert-OH is 3. The maximum absolute atomic E-state index is 9.40. The van der Waals surface area contributed by atoms with Crippen molar-refractivity contribution in [3.8, 4) is 0 Å². The minimum Gasteiger partial charge on any atom is -0.394 e. The van der Waals surface area contributed by atoms with Crippen molar-refractivity contribution < 1.29 is 24.8 Å². The van der Waals surface area contributed by atoms with Crippen molar-refractivity contribution in [2.75, 3.05) is 19.8 Å². The first-order chi connectivity index (χ1) is 6.69. The molecule has 6 heteroatoms. The molecule has 1 rings (SSSR count). The average molecular weight is 207 g/mol. The van der Waals surface area contributed by atoms with Crippen molar-refractivity contribution in [3.63, 3.8) is 0 Å². The number of hydrogen-bond donors (Lipinski definition) is 4. The lowest BCUT2D eigenvalue weighted by molar-refractivity contribution is -0.255. The molecule has 14 heavy (non-hydrogen) atoms. The standard InChI is InChI=1S/C8H17NO5/c9-1-2-13-7-3-5(11)8(12)6(4-10)14-7/h5-8,10-12H,1-4,9H2/t5?,6?,7-,8-/m0/s1. The molecule has 0 aliphatic carbocycles. The van der Waals surface area contributed by atoms with E-state index in [2.05, 4.69) is 0 Å². The monoisotopic (exact) mass is 207 g/mol. The van der Waals surface area contributed by atoms with E-state index < -0.39 is 24.6 Å². The van der Waals surface area contributed by atoms with Gasteiger partial charge in [0.2, 0.25) is 0 Å². The van der Waals surface area contributed by atoms with Crippen LogP contribution in [0, 0.1) is 0 Å². The Hall–Kier alpha value is -0.240. The SMILES string of the molecule is NCCO[C@@H]1CC(O)[C@H](O)C(CO)O1. The van der Waals surface area contributed by atoms with Crippen molar-refractivity contribution in [1.29, 1.82) is 0 Å². The first kappa shape index (κ1) is 11.8. The molecule has 84 valence electrons. The molecule has 6 nitrogen and oxygen atoms in total. The summed E-state index contributed by atoms with van der Waals surface area (Å²) in [6.45, 7) is 0.342. The third-order valence-electron chi connectivity index (χ3n) is 2.14. The van der Waals surface area contributed by atoms with Crippen LogP contribution in [0.4, 0.5) is 0 Å². The van der Waals surface area contributed by atoms with Crippen molar-refractivity contribution in [2.24, 2.45) is 5.73 Å². The molecule has 2 unspecified atom stereocenters. The van der Waals surface area contributed by atoms with Gasteiger partial charge in [-0.15, -0.1) is 0 Å². The normalized spacial score (nSPS) is 38.6. The van der Waals surface area contributed by atoms with Crippen LogP contribution in [-0.4, -0.2) is 59.7 Å². The number of aliphatic hydroxyl groups is 3. The number of rotatable bonds is 4. The molecule has 4 atom stereocenters. The predicted molar refractivity (Wildman–Crippen MR) is 47.4 cm³/mol. The minimum atomic E-state index is -1.06. The lowest BCUT2D eigenvalue weighted by Crippen LogP contribution is -2.50. The molecule has 0 aromatic heterocycles. The van der Waals surface area contributed by atoms with Crippen molar-refractivity contribution in [3.05, 3.63) is 0 Å². The van der Waals surface area contributed by atoms with Crippen LogP contribution < -0.4 is 5.73 Å². The van der Waals surface area contributed by atoms with Crippen molar-refractivity contribution in [1.82, 2.24) is 0 Å². The van der Waals surface area contributed by atoms with E-state index in [4.69, 9.17) is 20.3 Å². The molecule has 0 spiro atoms. The smallest absolute Gasteiger partial charge is 0.160 e. The Bertz CT molecular complexity index is 168. The third-order valence-corrected chi connectivity index (χ3v) is 2.14. The second-order valence-corrected chi connectivity index (χ2v) is 3.24. The Morgan fingerprint density at radius 3 is 2.71 bits per heavy atom. The van der Waals surface area contributed by atoms with Crippen LogP contribution in [0.5, 0.6) is 0 Å². The van der Waals surface area contributed by atoms with Crippen LogP contribution in [0.1, 0.15) is 6.42 Å². The molecule has 0 amide bonds. The van der Waals surface area contributed by atoms with Gasteiger partial charge in [-0.2, -0.15) is 0 Å². The fraction of sp³-hybridized carbons (Fsp3) is 1.00. The lowest BCUT2D eigenvalue weighted by Gasteiger charge is -2.35. The highest BCUT2D eigenvalue weighted by Gasteiger charge is 2.36. The van der Waals surface area contributed by atoms with Crippen LogP contribution in [0.15, 0.2) is 0 Å². The fourth-order valence-corrected chi connectivity index (χ4v) is 1.37. The van der Waals surface area contributed by atoms with Gasteiger partial charge in [0.05, 0.1) is 19.3 Å². The maximum atomic E-state index is 9.40. The van der Waals surface area contributed by atoms with E-state index in [0.717, 1.165) is 0 Å². The topological polar surface area (TPSA) is 105 Å². The summed E-state index contributed by atoms with van der Waals surface area (Å²) in [4.78, 5) is 0. The van der Waals surface area contributed by atoms with Gasteiger partial charge in [-0.1, -0.05) is 0 Å². The Morgan fingerprint density at radius 1 is 1.43 bits per heavy atom. The molecule has 1 aliphatic heterocycles. The quantitative estimate of drug-likeness (QED) is 0.416. The van der Waals surface area contributed by atoms with Crippen LogP contribution in [0.25, 0.3) is 0 Å². The summed E-state index contributed by atoms with van der Waals surface area (Å²) in [5, 5.41) is 27.6. The molecular formula is C8H17NO5. The highest BCUT2D eigenvalue weighted by atomic mass is 16.7. The predicted octanol–water partition coefficient (Wildman–Crippen LogP) is -2.21. The van der Waals surface area contributed by atoms with E-state index in [1.165, 1.54) is 0 Å². The summed E-state index contributed by atoms with van der Waals surface area (Å²) in [6.07, 6.45) is -3.19. The van der Waals surface area contributed by atoms with Gasteiger partial charge >= 0.3 is 0 Å².